The molecule has 1 unspecified atom stereocenters. The molecule has 1 aromatic carbocycles. The van der Waals surface area contributed by atoms with Crippen LogP contribution in [0.5, 0.6) is 0 Å². The third kappa shape index (κ3) is 2.47. The van der Waals surface area contributed by atoms with Crippen LogP contribution in [-0.4, -0.2) is 16.6 Å². The summed E-state index contributed by atoms with van der Waals surface area (Å²) in [5, 5.41) is -0.0384. The first-order chi connectivity index (χ1) is 9.66. The number of amides is 1. The maximum Gasteiger partial charge on any atom is 0.238 e. The van der Waals surface area contributed by atoms with Crippen molar-refractivity contribution < 1.29 is 4.79 Å². The average molecular weight is 349 g/mol. The van der Waals surface area contributed by atoms with E-state index in [1.54, 1.807) is 18.0 Å². The predicted octanol–water partition coefficient (Wildman–Crippen LogP) is 3.93. The van der Waals surface area contributed by atoms with Crippen molar-refractivity contribution in [2.75, 3.05) is 10.7 Å². The molecule has 3 nitrogen and oxygen atoms in total. The number of halogens is 1. The fraction of sp³-hybridized carbons (Fsp3) is 0.200. The minimum atomic E-state index is -0.0384. The standard InChI is InChI=1S/C15H13BrN2OS/c1-10-8-11(16)5-6-13(10)18-14(19)9-20-15(18)12-4-2-3-7-17-12/h2-8,15H,9H2,1H3. The average Bonchev–Trinajstić information content (AvgIpc) is 2.82. The van der Waals surface area contributed by atoms with Crippen molar-refractivity contribution in [1.29, 1.82) is 0 Å². The van der Waals surface area contributed by atoms with Gasteiger partial charge in [0.2, 0.25) is 5.91 Å². The zero-order valence-electron chi connectivity index (χ0n) is 10.9. The third-order valence-electron chi connectivity index (χ3n) is 3.23. The summed E-state index contributed by atoms with van der Waals surface area (Å²) in [4.78, 5) is 18.5. The molecule has 2 aromatic rings. The largest absolute Gasteiger partial charge is 0.293 e. The van der Waals surface area contributed by atoms with Crippen LogP contribution in [0.2, 0.25) is 0 Å². The van der Waals surface area contributed by atoms with Crippen molar-refractivity contribution in [2.45, 2.75) is 12.3 Å². The van der Waals surface area contributed by atoms with E-state index in [1.165, 1.54) is 0 Å². The van der Waals surface area contributed by atoms with Crippen molar-refractivity contribution >= 4 is 39.3 Å². The molecule has 0 aliphatic carbocycles. The number of aryl methyl sites for hydroxylation is 1. The van der Waals surface area contributed by atoms with Crippen molar-refractivity contribution in [3.63, 3.8) is 0 Å². The first-order valence-corrected chi connectivity index (χ1v) is 8.12. The van der Waals surface area contributed by atoms with Crippen LogP contribution >= 0.6 is 27.7 Å². The predicted molar refractivity (Wildman–Crippen MR) is 85.8 cm³/mol. The molecule has 0 spiro atoms. The molecule has 1 aromatic heterocycles. The molecule has 1 amide bonds. The molecule has 1 saturated heterocycles. The summed E-state index contributed by atoms with van der Waals surface area (Å²) in [6.07, 6.45) is 1.77. The van der Waals surface area contributed by atoms with E-state index in [2.05, 4.69) is 20.9 Å². The van der Waals surface area contributed by atoms with Gasteiger partial charge in [-0.25, -0.2) is 0 Å². The smallest absolute Gasteiger partial charge is 0.238 e. The highest BCUT2D eigenvalue weighted by molar-refractivity contribution is 9.10. The number of carbonyl (C=O) groups excluding carboxylic acids is 1. The Bertz CT molecular complexity index is 648. The van der Waals surface area contributed by atoms with Crippen molar-refractivity contribution in [1.82, 2.24) is 4.98 Å². The van der Waals surface area contributed by atoms with E-state index in [1.807, 2.05) is 48.2 Å². The summed E-state index contributed by atoms with van der Waals surface area (Å²) < 4.78 is 1.02. The van der Waals surface area contributed by atoms with Gasteiger partial charge in [0.15, 0.2) is 0 Å². The molecule has 0 radical (unpaired) electrons. The number of aromatic nitrogens is 1. The van der Waals surface area contributed by atoms with Gasteiger partial charge in [-0.1, -0.05) is 22.0 Å². The van der Waals surface area contributed by atoms with E-state index in [4.69, 9.17) is 0 Å². The van der Waals surface area contributed by atoms with E-state index in [-0.39, 0.29) is 11.3 Å². The number of benzene rings is 1. The van der Waals surface area contributed by atoms with Gasteiger partial charge in [-0.15, -0.1) is 11.8 Å². The van der Waals surface area contributed by atoms with E-state index in [9.17, 15) is 4.79 Å². The van der Waals surface area contributed by atoms with Crippen molar-refractivity contribution in [3.8, 4) is 0 Å². The number of rotatable bonds is 2. The van der Waals surface area contributed by atoms with Crippen LogP contribution in [0.3, 0.4) is 0 Å². The van der Waals surface area contributed by atoms with Crippen molar-refractivity contribution in [2.24, 2.45) is 0 Å². The summed E-state index contributed by atoms with van der Waals surface area (Å²) in [6, 6.07) is 11.8. The van der Waals surface area contributed by atoms with E-state index in [0.717, 1.165) is 21.4 Å². The van der Waals surface area contributed by atoms with Crippen molar-refractivity contribution in [3.05, 3.63) is 58.3 Å². The molecule has 1 fully saturated rings. The van der Waals surface area contributed by atoms with Gasteiger partial charge >= 0.3 is 0 Å². The quantitative estimate of drug-likeness (QED) is 0.824. The molecular formula is C15H13BrN2OS. The maximum atomic E-state index is 12.3. The van der Waals surface area contributed by atoms with Crippen LogP contribution < -0.4 is 4.90 Å². The van der Waals surface area contributed by atoms with Crippen LogP contribution in [0.1, 0.15) is 16.6 Å². The summed E-state index contributed by atoms with van der Waals surface area (Å²) in [6.45, 7) is 2.02. The Hall–Kier alpha value is -1.33. The second-order valence-electron chi connectivity index (χ2n) is 4.61. The fourth-order valence-electron chi connectivity index (χ4n) is 2.31. The first kappa shape index (κ1) is 13.6. The van der Waals surface area contributed by atoms with Gasteiger partial charge in [-0.2, -0.15) is 0 Å². The van der Waals surface area contributed by atoms with Gasteiger partial charge in [-0.05, 0) is 42.8 Å². The second kappa shape index (κ2) is 5.58. The Balaban J connectivity index is 2.03. The van der Waals surface area contributed by atoms with Gasteiger partial charge in [0, 0.05) is 16.4 Å². The first-order valence-electron chi connectivity index (χ1n) is 6.27. The number of hydrogen-bond donors (Lipinski definition) is 0. The highest BCUT2D eigenvalue weighted by atomic mass is 79.9. The Kier molecular flexibility index (Phi) is 3.81. The Morgan fingerprint density at radius 1 is 1.35 bits per heavy atom. The van der Waals surface area contributed by atoms with Gasteiger partial charge in [0.25, 0.3) is 0 Å². The molecule has 0 saturated carbocycles. The molecule has 0 N–H and O–H groups in total. The number of anilines is 1. The lowest BCUT2D eigenvalue weighted by Gasteiger charge is -2.25. The molecule has 5 heteroatoms. The zero-order chi connectivity index (χ0) is 14.1. The molecule has 1 aliphatic rings. The number of carbonyl (C=O) groups is 1. The summed E-state index contributed by atoms with van der Waals surface area (Å²) >= 11 is 5.08. The molecule has 2 heterocycles. The minimum Gasteiger partial charge on any atom is -0.293 e. The lowest BCUT2D eigenvalue weighted by Crippen LogP contribution is -2.28. The second-order valence-corrected chi connectivity index (χ2v) is 6.60. The maximum absolute atomic E-state index is 12.3. The topological polar surface area (TPSA) is 33.2 Å². The molecule has 20 heavy (non-hydrogen) atoms. The summed E-state index contributed by atoms with van der Waals surface area (Å²) in [5.41, 5.74) is 2.96. The number of nitrogens with zero attached hydrogens (tertiary/aromatic N) is 2. The third-order valence-corrected chi connectivity index (χ3v) is 4.90. The zero-order valence-corrected chi connectivity index (χ0v) is 13.3. The SMILES string of the molecule is Cc1cc(Br)ccc1N1C(=O)CSC1c1ccccn1. The number of thioether (sulfide) groups is 1. The normalized spacial score (nSPS) is 18.6. The van der Waals surface area contributed by atoms with Crippen LogP contribution in [0.4, 0.5) is 5.69 Å². The molecule has 1 atom stereocenters. The Labute approximate surface area is 130 Å². The van der Waals surface area contributed by atoms with E-state index in [0.29, 0.717) is 5.75 Å². The lowest BCUT2D eigenvalue weighted by atomic mass is 10.1. The Morgan fingerprint density at radius 2 is 2.20 bits per heavy atom. The van der Waals surface area contributed by atoms with Gasteiger partial charge < -0.3 is 0 Å². The highest BCUT2D eigenvalue weighted by Gasteiger charge is 2.35. The summed E-state index contributed by atoms with van der Waals surface area (Å²) in [7, 11) is 0. The molecule has 3 rings (SSSR count). The van der Waals surface area contributed by atoms with Crippen LogP contribution in [0.25, 0.3) is 0 Å². The van der Waals surface area contributed by atoms with Gasteiger partial charge in [-0.3, -0.25) is 14.7 Å². The Morgan fingerprint density at radius 3 is 2.90 bits per heavy atom. The monoisotopic (exact) mass is 348 g/mol. The summed E-state index contributed by atoms with van der Waals surface area (Å²) in [5.74, 6) is 0.632. The molecule has 0 bridgehead atoms. The van der Waals surface area contributed by atoms with Crippen LogP contribution in [0.15, 0.2) is 47.1 Å². The van der Waals surface area contributed by atoms with Crippen LogP contribution in [-0.2, 0) is 4.79 Å². The van der Waals surface area contributed by atoms with Crippen LogP contribution in [0, 0.1) is 6.92 Å². The molecule has 1 aliphatic heterocycles. The van der Waals surface area contributed by atoms with Gasteiger partial charge in [0.1, 0.15) is 5.37 Å². The molecule has 102 valence electrons. The fourth-order valence-corrected chi connectivity index (χ4v) is 3.92. The minimum absolute atomic E-state index is 0.0384. The number of pyridine rings is 1. The lowest BCUT2D eigenvalue weighted by molar-refractivity contribution is -0.115. The number of hydrogen-bond acceptors (Lipinski definition) is 3. The van der Waals surface area contributed by atoms with E-state index >= 15 is 0 Å². The van der Waals surface area contributed by atoms with E-state index < -0.39 is 0 Å². The molecular weight excluding hydrogens is 336 g/mol. The van der Waals surface area contributed by atoms with Gasteiger partial charge in [0.05, 0.1) is 11.4 Å². The highest BCUT2D eigenvalue weighted by Crippen LogP contribution is 2.42.